The third kappa shape index (κ3) is 30.6. The number of rotatable bonds is 40. The van der Waals surface area contributed by atoms with Crippen LogP contribution in [-0.4, -0.2) is 133 Å². The van der Waals surface area contributed by atoms with Crippen molar-refractivity contribution in [2.45, 2.75) is 178 Å². The van der Waals surface area contributed by atoms with Crippen molar-refractivity contribution < 1.29 is 83.4 Å². The molecular formula is C40H67N6O17P. The van der Waals surface area contributed by atoms with Crippen LogP contribution in [0.2, 0.25) is 0 Å². The van der Waals surface area contributed by atoms with Gasteiger partial charge in [-0.3, -0.25) is 38.6 Å². The Kier molecular flexibility index (Phi) is 32.0. The predicted molar refractivity (Wildman–Crippen MR) is 229 cm³/mol. The molecule has 12 N–H and O–H groups in total. The first kappa shape index (κ1) is 58.6. The second-order valence-corrected chi connectivity index (χ2v) is 15.7. The Labute approximate surface area is 373 Å². The average Bonchev–Trinajstić information content (AvgIpc) is 3.21. The maximum atomic E-state index is 12.6. The SMILES string of the molecule is O=C(O)CCCCCCCCCCCCC(=O)N[C@@H](CCC(=O)N[C@@H](CCC(=O)N[C@@H](CCC(=O)N[C@@H](CCC(=O)NCCCC[C@H](NP)C(=O)O)C(=O)O)C(=O)O)C(=O)O)C(=O)O. The number of hydrogen-bond donors (Lipinski definition) is 12. The molecule has 24 heteroatoms. The lowest BCUT2D eigenvalue weighted by molar-refractivity contribution is -0.144. The Bertz CT molecular complexity index is 1550. The Morgan fingerprint density at radius 3 is 0.938 bits per heavy atom. The van der Waals surface area contributed by atoms with Gasteiger partial charge in [-0.1, -0.05) is 60.8 Å². The second kappa shape index (κ2) is 35.0. The summed E-state index contributed by atoms with van der Waals surface area (Å²) in [6.07, 6.45) is 6.77. The molecule has 364 valence electrons. The summed E-state index contributed by atoms with van der Waals surface area (Å²) in [6.45, 7) is 0.212. The van der Waals surface area contributed by atoms with E-state index in [1.807, 2.05) is 0 Å². The van der Waals surface area contributed by atoms with E-state index < -0.39 is 128 Å². The lowest BCUT2D eigenvalue weighted by Crippen LogP contribution is -2.45. The van der Waals surface area contributed by atoms with Crippen LogP contribution in [0.5, 0.6) is 0 Å². The van der Waals surface area contributed by atoms with Gasteiger partial charge in [-0.2, -0.15) is 0 Å². The predicted octanol–water partition coefficient (Wildman–Crippen LogP) is 1.27. The van der Waals surface area contributed by atoms with Gasteiger partial charge in [0.1, 0.15) is 30.2 Å². The molecule has 0 rings (SSSR count). The fourth-order valence-electron chi connectivity index (χ4n) is 6.24. The van der Waals surface area contributed by atoms with Crippen LogP contribution >= 0.6 is 9.39 Å². The lowest BCUT2D eigenvalue weighted by atomic mass is 10.0. The molecule has 6 atom stereocenters. The van der Waals surface area contributed by atoms with Crippen molar-refractivity contribution in [1.29, 1.82) is 0 Å². The molecule has 0 heterocycles. The molecule has 0 aromatic rings. The van der Waals surface area contributed by atoms with Gasteiger partial charge in [-0.05, 0) is 57.8 Å². The summed E-state index contributed by atoms with van der Waals surface area (Å²) in [7, 11) is 2.12. The highest BCUT2D eigenvalue weighted by molar-refractivity contribution is 7.13. The molecule has 0 aliphatic carbocycles. The van der Waals surface area contributed by atoms with Crippen molar-refractivity contribution in [1.82, 2.24) is 31.7 Å². The number of carboxylic acids is 6. The first-order valence-electron chi connectivity index (χ1n) is 21.5. The minimum absolute atomic E-state index is 0.0752. The molecule has 0 aliphatic rings. The molecule has 0 bridgehead atoms. The minimum atomic E-state index is -1.64. The third-order valence-corrected chi connectivity index (χ3v) is 10.4. The van der Waals surface area contributed by atoms with Gasteiger partial charge >= 0.3 is 35.8 Å². The lowest BCUT2D eigenvalue weighted by Gasteiger charge is -2.18. The van der Waals surface area contributed by atoms with Gasteiger partial charge in [0.2, 0.25) is 29.5 Å². The van der Waals surface area contributed by atoms with Crippen LogP contribution in [0.1, 0.15) is 148 Å². The summed E-state index contributed by atoms with van der Waals surface area (Å²) in [5.41, 5.74) is 0. The molecule has 5 amide bonds. The maximum absolute atomic E-state index is 12.6. The fourth-order valence-corrected chi connectivity index (χ4v) is 6.55. The molecule has 64 heavy (non-hydrogen) atoms. The van der Waals surface area contributed by atoms with E-state index in [2.05, 4.69) is 41.1 Å². The molecule has 0 spiro atoms. The normalized spacial score (nSPS) is 13.2. The summed E-state index contributed by atoms with van der Waals surface area (Å²) >= 11 is 0. The summed E-state index contributed by atoms with van der Waals surface area (Å²) in [5.74, 6) is -11.5. The van der Waals surface area contributed by atoms with Crippen LogP contribution in [0.4, 0.5) is 0 Å². The van der Waals surface area contributed by atoms with Crippen molar-refractivity contribution in [3.05, 3.63) is 0 Å². The van der Waals surface area contributed by atoms with E-state index in [0.29, 0.717) is 32.1 Å². The minimum Gasteiger partial charge on any atom is -0.481 e. The maximum Gasteiger partial charge on any atom is 0.326 e. The van der Waals surface area contributed by atoms with Gasteiger partial charge in [0.15, 0.2) is 0 Å². The van der Waals surface area contributed by atoms with Gasteiger partial charge in [-0.25, -0.2) is 19.2 Å². The molecule has 23 nitrogen and oxygen atoms in total. The van der Waals surface area contributed by atoms with E-state index in [1.54, 1.807) is 0 Å². The van der Waals surface area contributed by atoms with Gasteiger partial charge in [0.25, 0.3) is 0 Å². The average molecular weight is 935 g/mol. The van der Waals surface area contributed by atoms with Crippen LogP contribution in [0.3, 0.4) is 0 Å². The highest BCUT2D eigenvalue weighted by Crippen LogP contribution is 2.13. The van der Waals surface area contributed by atoms with Crippen molar-refractivity contribution in [2.24, 2.45) is 0 Å². The molecule has 0 aromatic carbocycles. The molecule has 0 saturated carbocycles. The van der Waals surface area contributed by atoms with E-state index >= 15 is 0 Å². The standard InChI is InChI=1S/C40H67N6O17P/c47-30(41-24-12-11-13-29(46-64)40(62)63)20-16-25(36(54)55)43-32(49)22-18-27(38(58)59)45-34(51)23-19-28(39(60)61)44-33(50)21-17-26(37(56)57)42-31(48)14-9-7-5-3-1-2-4-6-8-10-15-35(52)53/h25-29,46H,1-24,64H2,(H,41,47)(H,42,48)(H,43,49)(H,44,50)(H,45,51)(H,52,53)(H,54,55)(H,56,57)(H,58,59)(H,60,61)(H,62,63)/t25-,26-,27-,28-,29-/m0/s1. The number of amides is 5. The molecule has 0 radical (unpaired) electrons. The van der Waals surface area contributed by atoms with E-state index in [-0.39, 0.29) is 38.6 Å². The molecule has 0 aromatic heterocycles. The van der Waals surface area contributed by atoms with Crippen LogP contribution < -0.4 is 31.7 Å². The third-order valence-electron chi connectivity index (χ3n) is 9.96. The molecular weight excluding hydrogens is 867 g/mol. The number of carbonyl (C=O) groups is 11. The molecule has 0 fully saturated rings. The Hall–Kier alpha value is -5.44. The summed E-state index contributed by atoms with van der Waals surface area (Å²) in [4.78, 5) is 131. The number of carboxylic acid groups (broad SMARTS) is 6. The van der Waals surface area contributed by atoms with Crippen molar-refractivity contribution in [3.63, 3.8) is 0 Å². The molecule has 0 aliphatic heterocycles. The van der Waals surface area contributed by atoms with E-state index in [4.69, 9.17) is 10.2 Å². The monoisotopic (exact) mass is 934 g/mol. The van der Waals surface area contributed by atoms with Crippen molar-refractivity contribution in [3.8, 4) is 0 Å². The smallest absolute Gasteiger partial charge is 0.326 e. The van der Waals surface area contributed by atoms with Gasteiger partial charge < -0.3 is 57.2 Å². The molecule has 0 saturated heterocycles. The van der Waals surface area contributed by atoms with Crippen LogP contribution in [0.25, 0.3) is 0 Å². The molecule has 1 unspecified atom stereocenters. The number of aliphatic carboxylic acids is 6. The number of carbonyl (C=O) groups excluding carboxylic acids is 5. The quantitative estimate of drug-likeness (QED) is 0.0304. The Morgan fingerprint density at radius 1 is 0.328 bits per heavy atom. The van der Waals surface area contributed by atoms with Crippen LogP contribution in [0.15, 0.2) is 0 Å². The number of nitrogens with one attached hydrogen (secondary N) is 6. The van der Waals surface area contributed by atoms with Crippen molar-refractivity contribution in [2.75, 3.05) is 6.54 Å². The summed E-state index contributed by atoms with van der Waals surface area (Å²) in [5, 5.41) is 69.9. The first-order chi connectivity index (χ1) is 30.3. The van der Waals surface area contributed by atoms with Gasteiger partial charge in [-0.15, -0.1) is 0 Å². The second-order valence-electron chi connectivity index (χ2n) is 15.3. The highest BCUT2D eigenvalue weighted by Gasteiger charge is 2.27. The van der Waals surface area contributed by atoms with E-state index in [0.717, 1.165) is 51.4 Å². The Morgan fingerprint density at radius 2 is 0.625 bits per heavy atom. The number of hydrogen-bond acceptors (Lipinski definition) is 12. The van der Waals surface area contributed by atoms with E-state index in [1.165, 1.54) is 0 Å². The van der Waals surface area contributed by atoms with Crippen LogP contribution in [-0.2, 0) is 52.7 Å². The zero-order valence-electron chi connectivity index (χ0n) is 36.1. The van der Waals surface area contributed by atoms with Crippen molar-refractivity contribution >= 4 is 74.7 Å². The van der Waals surface area contributed by atoms with Gasteiger partial charge in [0, 0.05) is 45.1 Å². The van der Waals surface area contributed by atoms with Crippen LogP contribution in [0, 0.1) is 0 Å². The summed E-state index contributed by atoms with van der Waals surface area (Å²) < 4.78 is 0. The largest absolute Gasteiger partial charge is 0.481 e. The van der Waals surface area contributed by atoms with Gasteiger partial charge in [0.05, 0.1) is 0 Å². The first-order valence-corrected chi connectivity index (χ1v) is 22.1. The zero-order valence-corrected chi connectivity index (χ0v) is 37.3. The fraction of sp³-hybridized carbons (Fsp3) is 0.725. The number of unbranched alkanes of at least 4 members (excludes halogenated alkanes) is 10. The Balaban J connectivity index is 4.68. The zero-order chi connectivity index (χ0) is 48.5. The highest BCUT2D eigenvalue weighted by atomic mass is 31.0. The summed E-state index contributed by atoms with van der Waals surface area (Å²) in [6, 6.07) is -6.96. The topological polar surface area (TPSA) is 381 Å². The van der Waals surface area contributed by atoms with E-state index in [9.17, 15) is 73.2 Å².